The highest BCUT2D eigenvalue weighted by Gasteiger charge is 2.23. The Kier molecular flexibility index (Phi) is 5.69. The van der Waals surface area contributed by atoms with Crippen molar-refractivity contribution >= 4 is 40.9 Å². The average Bonchev–Trinajstić information content (AvgIpc) is 2.81. The second kappa shape index (κ2) is 6.56. The topological polar surface area (TPSA) is 32.3 Å². The lowest BCUT2D eigenvalue weighted by atomic mass is 10.1. The molecule has 0 aromatic heterocycles. The summed E-state index contributed by atoms with van der Waals surface area (Å²) in [7, 11) is 1.89. The zero-order valence-corrected chi connectivity index (χ0v) is 12.6. The Balaban J connectivity index is 0.00000144. The van der Waals surface area contributed by atoms with Gasteiger partial charge in [0.25, 0.3) is 5.91 Å². The van der Waals surface area contributed by atoms with Crippen molar-refractivity contribution in [2.45, 2.75) is 12.5 Å². The van der Waals surface area contributed by atoms with Crippen LogP contribution in [0, 0.1) is 3.57 Å². The van der Waals surface area contributed by atoms with Crippen molar-refractivity contribution in [1.29, 1.82) is 0 Å². The number of rotatable bonds is 2. The van der Waals surface area contributed by atoms with Crippen molar-refractivity contribution in [3.05, 3.63) is 33.4 Å². The molecule has 1 atom stereocenters. The van der Waals surface area contributed by atoms with Gasteiger partial charge in [-0.25, -0.2) is 0 Å². The lowest BCUT2D eigenvalue weighted by Gasteiger charge is -2.23. The first-order valence-electron chi connectivity index (χ1n) is 5.42. The molecule has 1 aliphatic heterocycles. The fourth-order valence-electron chi connectivity index (χ4n) is 1.93. The summed E-state index contributed by atoms with van der Waals surface area (Å²) in [6, 6.07) is 8.06. The molecule has 1 heterocycles. The maximum Gasteiger partial charge on any atom is 0.253 e. The Morgan fingerprint density at radius 2 is 2.06 bits per heavy atom. The predicted molar refractivity (Wildman–Crippen MR) is 79.8 cm³/mol. The molecular weight excluding hydrogens is 351 g/mol. The number of carbonyl (C=O) groups excluding carboxylic acids is 1. The third-order valence-electron chi connectivity index (χ3n) is 2.99. The van der Waals surface area contributed by atoms with Gasteiger partial charge in [0.15, 0.2) is 0 Å². The van der Waals surface area contributed by atoms with E-state index in [-0.39, 0.29) is 18.3 Å². The number of benzene rings is 1. The van der Waals surface area contributed by atoms with E-state index in [0.717, 1.165) is 28.6 Å². The fourth-order valence-corrected chi connectivity index (χ4v) is 2.29. The first kappa shape index (κ1) is 14.7. The second-order valence-electron chi connectivity index (χ2n) is 4.07. The maximum atomic E-state index is 12.1. The van der Waals surface area contributed by atoms with Gasteiger partial charge in [-0.05, 0) is 59.8 Å². The van der Waals surface area contributed by atoms with Crippen LogP contribution < -0.4 is 5.32 Å². The summed E-state index contributed by atoms with van der Waals surface area (Å²) < 4.78 is 1.15. The van der Waals surface area contributed by atoms with Crippen molar-refractivity contribution in [3.8, 4) is 0 Å². The highest BCUT2D eigenvalue weighted by molar-refractivity contribution is 14.1. The van der Waals surface area contributed by atoms with Gasteiger partial charge >= 0.3 is 0 Å². The molecule has 1 saturated heterocycles. The van der Waals surface area contributed by atoms with Gasteiger partial charge in [0.1, 0.15) is 0 Å². The molecule has 0 unspecified atom stereocenters. The largest absolute Gasteiger partial charge is 0.337 e. The molecule has 3 nitrogen and oxygen atoms in total. The number of hydrogen-bond donors (Lipinski definition) is 1. The van der Waals surface area contributed by atoms with E-state index in [0.29, 0.717) is 6.04 Å². The van der Waals surface area contributed by atoms with Crippen molar-refractivity contribution in [2.24, 2.45) is 0 Å². The van der Waals surface area contributed by atoms with E-state index in [1.54, 1.807) is 0 Å². The molecule has 2 rings (SSSR count). The third-order valence-corrected chi connectivity index (χ3v) is 3.71. The number of halogens is 2. The molecule has 1 N–H and O–H groups in total. The normalized spacial score (nSPS) is 18.6. The third kappa shape index (κ3) is 3.56. The van der Waals surface area contributed by atoms with Gasteiger partial charge in [-0.3, -0.25) is 4.79 Å². The quantitative estimate of drug-likeness (QED) is 0.814. The van der Waals surface area contributed by atoms with Gasteiger partial charge < -0.3 is 10.2 Å². The summed E-state index contributed by atoms with van der Waals surface area (Å²) >= 11 is 2.24. The number of hydrogen-bond acceptors (Lipinski definition) is 2. The standard InChI is InChI=1S/C12H15IN2O.ClH/c1-15(11-6-7-14-8-11)12(16)9-2-4-10(13)5-3-9;/h2-5,11,14H,6-8H2,1H3;1H/t11-;/m1./s1. The first-order valence-corrected chi connectivity index (χ1v) is 6.50. The van der Waals surface area contributed by atoms with Crippen LogP contribution in [-0.2, 0) is 0 Å². The summed E-state index contributed by atoms with van der Waals surface area (Å²) in [5, 5.41) is 3.27. The van der Waals surface area contributed by atoms with Gasteiger partial charge in [-0.2, -0.15) is 0 Å². The molecule has 1 fully saturated rings. The number of likely N-dealkylation sites (N-methyl/N-ethyl adjacent to an activating group) is 1. The van der Waals surface area contributed by atoms with E-state index in [1.165, 1.54) is 0 Å². The number of nitrogens with one attached hydrogen (secondary N) is 1. The molecule has 94 valence electrons. The molecule has 0 radical (unpaired) electrons. The summed E-state index contributed by atoms with van der Waals surface area (Å²) in [5.74, 6) is 0.116. The van der Waals surface area contributed by atoms with Gasteiger partial charge in [-0.1, -0.05) is 0 Å². The van der Waals surface area contributed by atoms with Crippen LogP contribution in [0.5, 0.6) is 0 Å². The predicted octanol–water partition coefficient (Wildman–Crippen LogP) is 2.15. The summed E-state index contributed by atoms with van der Waals surface area (Å²) in [6.45, 7) is 1.92. The van der Waals surface area contributed by atoms with Gasteiger partial charge in [-0.15, -0.1) is 12.4 Å². The Morgan fingerprint density at radius 3 is 2.59 bits per heavy atom. The molecule has 17 heavy (non-hydrogen) atoms. The zero-order chi connectivity index (χ0) is 11.5. The Labute approximate surface area is 122 Å². The summed E-state index contributed by atoms with van der Waals surface area (Å²) in [6.07, 6.45) is 1.05. The molecule has 0 aliphatic carbocycles. The van der Waals surface area contributed by atoms with Crippen LogP contribution in [0.1, 0.15) is 16.8 Å². The van der Waals surface area contributed by atoms with Crippen LogP contribution in [0.25, 0.3) is 0 Å². The van der Waals surface area contributed by atoms with Crippen LogP contribution >= 0.6 is 35.0 Å². The van der Waals surface area contributed by atoms with Crippen LogP contribution in [0.2, 0.25) is 0 Å². The van der Waals surface area contributed by atoms with Crippen LogP contribution in [0.15, 0.2) is 24.3 Å². The minimum Gasteiger partial charge on any atom is -0.337 e. The number of carbonyl (C=O) groups is 1. The maximum absolute atomic E-state index is 12.1. The Hall–Kier alpha value is -0.330. The second-order valence-corrected chi connectivity index (χ2v) is 5.32. The highest BCUT2D eigenvalue weighted by Crippen LogP contribution is 2.13. The van der Waals surface area contributed by atoms with Crippen LogP contribution in [0.4, 0.5) is 0 Å². The molecule has 1 amide bonds. The first-order chi connectivity index (χ1) is 7.68. The molecule has 1 aliphatic rings. The van der Waals surface area contributed by atoms with E-state index in [2.05, 4.69) is 27.9 Å². The van der Waals surface area contributed by atoms with E-state index >= 15 is 0 Å². The fraction of sp³-hybridized carbons (Fsp3) is 0.417. The van der Waals surface area contributed by atoms with Gasteiger partial charge in [0.2, 0.25) is 0 Å². The van der Waals surface area contributed by atoms with Crippen LogP contribution in [0.3, 0.4) is 0 Å². The zero-order valence-electron chi connectivity index (χ0n) is 9.65. The molecule has 5 heteroatoms. The van der Waals surface area contributed by atoms with Crippen molar-refractivity contribution in [1.82, 2.24) is 10.2 Å². The Bertz CT molecular complexity index is 377. The average molecular weight is 367 g/mol. The molecule has 1 aromatic rings. The Morgan fingerprint density at radius 1 is 1.41 bits per heavy atom. The number of nitrogens with zero attached hydrogens (tertiary/aromatic N) is 1. The van der Waals surface area contributed by atoms with E-state index in [1.807, 2.05) is 36.2 Å². The molecule has 1 aromatic carbocycles. The lowest BCUT2D eigenvalue weighted by molar-refractivity contribution is 0.0744. The minimum absolute atomic E-state index is 0. The molecule has 0 spiro atoms. The van der Waals surface area contributed by atoms with Crippen molar-refractivity contribution in [2.75, 3.05) is 20.1 Å². The van der Waals surface area contributed by atoms with Gasteiger partial charge in [0.05, 0.1) is 0 Å². The van der Waals surface area contributed by atoms with Crippen molar-refractivity contribution in [3.63, 3.8) is 0 Å². The highest BCUT2D eigenvalue weighted by atomic mass is 127. The lowest BCUT2D eigenvalue weighted by Crippen LogP contribution is -2.38. The van der Waals surface area contributed by atoms with Gasteiger partial charge in [0, 0.05) is 28.8 Å². The molecular formula is C12H16ClIN2O. The SMILES string of the molecule is CN(C(=O)c1ccc(I)cc1)[C@@H]1CCNC1.Cl. The monoisotopic (exact) mass is 366 g/mol. The van der Waals surface area contributed by atoms with Crippen LogP contribution in [-0.4, -0.2) is 37.0 Å². The smallest absolute Gasteiger partial charge is 0.253 e. The van der Waals surface area contributed by atoms with E-state index in [9.17, 15) is 4.79 Å². The molecule has 0 saturated carbocycles. The number of amides is 1. The summed E-state index contributed by atoms with van der Waals surface area (Å²) in [4.78, 5) is 14.0. The minimum atomic E-state index is 0. The molecule has 0 bridgehead atoms. The van der Waals surface area contributed by atoms with Crippen molar-refractivity contribution < 1.29 is 4.79 Å². The van der Waals surface area contributed by atoms with E-state index in [4.69, 9.17) is 0 Å². The summed E-state index contributed by atoms with van der Waals surface area (Å²) in [5.41, 5.74) is 0.773. The van der Waals surface area contributed by atoms with E-state index < -0.39 is 0 Å².